The summed E-state index contributed by atoms with van der Waals surface area (Å²) < 4.78 is 0. The molecule has 3 rings (SSSR count). The van der Waals surface area contributed by atoms with Crippen molar-refractivity contribution in [3.63, 3.8) is 0 Å². The summed E-state index contributed by atoms with van der Waals surface area (Å²) in [6.45, 7) is 2.01. The van der Waals surface area contributed by atoms with Gasteiger partial charge in [0.25, 0.3) is 0 Å². The molecule has 0 aromatic carbocycles. The van der Waals surface area contributed by atoms with E-state index in [-0.39, 0.29) is 0 Å². The molecule has 2 N–H and O–H groups in total. The fraction of sp³-hybridized carbons (Fsp3) is 0.909. The summed E-state index contributed by atoms with van der Waals surface area (Å²) in [5.74, 6) is 1.48. The van der Waals surface area contributed by atoms with Gasteiger partial charge in [0.1, 0.15) is 0 Å². The molecule has 0 radical (unpaired) electrons. The summed E-state index contributed by atoms with van der Waals surface area (Å²) in [7, 11) is 0. The summed E-state index contributed by atoms with van der Waals surface area (Å²) in [6, 6.07) is 0. The molecule has 3 aliphatic rings. The zero-order chi connectivity index (χ0) is 9.60. The molecule has 0 bridgehead atoms. The molecule has 2 atom stereocenters. The highest BCUT2D eigenvalue weighted by molar-refractivity contribution is 5.80. The van der Waals surface area contributed by atoms with Crippen molar-refractivity contribution < 1.29 is 4.79 Å². The van der Waals surface area contributed by atoms with Crippen LogP contribution < -0.4 is 10.6 Å². The van der Waals surface area contributed by atoms with E-state index in [0.29, 0.717) is 17.4 Å². The smallest absolute Gasteiger partial charge is 0.223 e. The van der Waals surface area contributed by atoms with Crippen LogP contribution in [0.15, 0.2) is 0 Å². The molecule has 1 saturated heterocycles. The van der Waals surface area contributed by atoms with E-state index in [4.69, 9.17) is 0 Å². The zero-order valence-corrected chi connectivity index (χ0v) is 8.51. The van der Waals surface area contributed by atoms with Crippen molar-refractivity contribution in [2.75, 3.05) is 13.1 Å². The molecule has 78 valence electrons. The Hall–Kier alpha value is -0.570. The lowest BCUT2D eigenvalue weighted by Crippen LogP contribution is -2.59. The molecule has 2 aliphatic carbocycles. The topological polar surface area (TPSA) is 41.1 Å². The lowest BCUT2D eigenvalue weighted by molar-refractivity contribution is -0.122. The number of hydrogen-bond acceptors (Lipinski definition) is 2. The van der Waals surface area contributed by atoms with Crippen LogP contribution in [0.1, 0.15) is 32.1 Å². The van der Waals surface area contributed by atoms with Crippen molar-refractivity contribution in [3.05, 3.63) is 0 Å². The molecule has 1 aliphatic heterocycles. The highest BCUT2D eigenvalue weighted by atomic mass is 16.2. The number of hydrogen-bond donors (Lipinski definition) is 2. The third-order valence-electron chi connectivity index (χ3n) is 4.22. The van der Waals surface area contributed by atoms with Crippen LogP contribution in [0.4, 0.5) is 0 Å². The van der Waals surface area contributed by atoms with Crippen molar-refractivity contribution in [2.45, 2.75) is 37.6 Å². The first-order chi connectivity index (χ1) is 6.80. The van der Waals surface area contributed by atoms with Gasteiger partial charge in [0.15, 0.2) is 0 Å². The van der Waals surface area contributed by atoms with Gasteiger partial charge in [-0.2, -0.15) is 0 Å². The van der Waals surface area contributed by atoms with Crippen molar-refractivity contribution in [1.82, 2.24) is 10.6 Å². The summed E-state index contributed by atoms with van der Waals surface area (Å²) in [5, 5.41) is 6.68. The molecule has 3 nitrogen and oxygen atoms in total. The monoisotopic (exact) mass is 194 g/mol. The molecule has 14 heavy (non-hydrogen) atoms. The highest BCUT2D eigenvalue weighted by Gasteiger charge is 2.49. The van der Waals surface area contributed by atoms with E-state index in [1.165, 1.54) is 19.3 Å². The first-order valence-electron chi connectivity index (χ1n) is 5.83. The van der Waals surface area contributed by atoms with Gasteiger partial charge in [0, 0.05) is 18.0 Å². The molecular weight excluding hydrogens is 176 g/mol. The molecule has 0 aromatic heterocycles. The van der Waals surface area contributed by atoms with Gasteiger partial charge in [0.05, 0.1) is 0 Å². The van der Waals surface area contributed by atoms with Gasteiger partial charge < -0.3 is 10.6 Å². The number of amides is 1. The van der Waals surface area contributed by atoms with E-state index in [0.717, 1.165) is 31.8 Å². The third-order valence-corrected chi connectivity index (χ3v) is 4.22. The van der Waals surface area contributed by atoms with E-state index in [1.807, 2.05) is 0 Å². The number of nitrogens with one attached hydrogen (secondary N) is 2. The second-order valence-electron chi connectivity index (χ2n) is 5.10. The number of fused-ring (bicyclic) bond motifs is 1. The van der Waals surface area contributed by atoms with Gasteiger partial charge in [-0.1, -0.05) is 0 Å². The number of carbonyl (C=O) groups excluding carboxylic acids is 1. The molecule has 0 spiro atoms. The van der Waals surface area contributed by atoms with Crippen LogP contribution in [-0.4, -0.2) is 24.5 Å². The van der Waals surface area contributed by atoms with E-state index < -0.39 is 0 Å². The Balaban J connectivity index is 1.53. The molecule has 3 heteroatoms. The molecule has 1 heterocycles. The number of carbonyl (C=O) groups is 1. The van der Waals surface area contributed by atoms with Gasteiger partial charge >= 0.3 is 0 Å². The summed E-state index contributed by atoms with van der Waals surface area (Å²) in [6.07, 6.45) is 6.12. The Morgan fingerprint density at radius 3 is 2.79 bits per heavy atom. The predicted octanol–water partition coefficient (Wildman–Crippen LogP) is 0.655. The van der Waals surface area contributed by atoms with Crippen molar-refractivity contribution >= 4 is 5.91 Å². The molecule has 2 unspecified atom stereocenters. The van der Waals surface area contributed by atoms with Gasteiger partial charge in [0.2, 0.25) is 5.91 Å². The van der Waals surface area contributed by atoms with E-state index >= 15 is 0 Å². The minimum Gasteiger partial charge on any atom is -0.354 e. The van der Waals surface area contributed by atoms with Crippen LogP contribution in [0.3, 0.4) is 0 Å². The first-order valence-corrected chi connectivity index (χ1v) is 5.83. The van der Waals surface area contributed by atoms with Crippen LogP contribution in [0.2, 0.25) is 0 Å². The fourth-order valence-electron chi connectivity index (χ4n) is 2.88. The molecule has 1 amide bonds. The second kappa shape index (κ2) is 2.96. The Kier molecular flexibility index (Phi) is 1.84. The van der Waals surface area contributed by atoms with Gasteiger partial charge in [-0.25, -0.2) is 0 Å². The predicted molar refractivity (Wildman–Crippen MR) is 53.8 cm³/mol. The van der Waals surface area contributed by atoms with Crippen molar-refractivity contribution in [3.8, 4) is 0 Å². The van der Waals surface area contributed by atoms with E-state index in [1.54, 1.807) is 0 Å². The average molecular weight is 194 g/mol. The Morgan fingerprint density at radius 1 is 1.36 bits per heavy atom. The zero-order valence-electron chi connectivity index (χ0n) is 8.51. The normalized spacial score (nSPS) is 40.1. The molecule has 0 aromatic rings. The van der Waals surface area contributed by atoms with Crippen LogP contribution in [0, 0.1) is 11.8 Å². The lowest BCUT2D eigenvalue weighted by Gasteiger charge is -2.45. The van der Waals surface area contributed by atoms with Crippen LogP contribution in [0.5, 0.6) is 0 Å². The van der Waals surface area contributed by atoms with Crippen LogP contribution in [-0.2, 0) is 4.79 Å². The van der Waals surface area contributed by atoms with Crippen LogP contribution >= 0.6 is 0 Å². The first kappa shape index (κ1) is 8.72. The molecular formula is C11H18N2O. The average Bonchev–Trinajstić information content (AvgIpc) is 2.94. The Labute approximate surface area is 84.6 Å². The van der Waals surface area contributed by atoms with Gasteiger partial charge in [-0.15, -0.1) is 0 Å². The van der Waals surface area contributed by atoms with E-state index in [2.05, 4.69) is 10.6 Å². The van der Waals surface area contributed by atoms with Crippen molar-refractivity contribution in [1.29, 1.82) is 0 Å². The summed E-state index contributed by atoms with van der Waals surface area (Å²) in [4.78, 5) is 11.5. The van der Waals surface area contributed by atoms with Gasteiger partial charge in [-0.05, 0) is 44.6 Å². The van der Waals surface area contributed by atoms with Gasteiger partial charge in [-0.3, -0.25) is 4.79 Å². The Morgan fingerprint density at radius 2 is 2.21 bits per heavy atom. The second-order valence-corrected chi connectivity index (χ2v) is 5.10. The van der Waals surface area contributed by atoms with Crippen molar-refractivity contribution in [2.24, 2.45) is 11.8 Å². The maximum atomic E-state index is 11.5. The largest absolute Gasteiger partial charge is 0.354 e. The Bertz CT molecular complexity index is 262. The number of rotatable bonds is 3. The summed E-state index contributed by atoms with van der Waals surface area (Å²) in [5.41, 5.74) is 0.296. The minimum absolute atomic E-state index is 0.290. The molecule has 2 saturated carbocycles. The standard InChI is InChI=1S/C11H18N2O/c14-10(8-1-2-8)12-7-11-5-3-9(11)4-6-13-11/h8-9,13H,1-7H2,(H,12,14). The maximum absolute atomic E-state index is 11.5. The fourth-order valence-corrected chi connectivity index (χ4v) is 2.88. The maximum Gasteiger partial charge on any atom is 0.223 e. The SMILES string of the molecule is O=C(NCC12CCC1CCN2)C1CC1. The third kappa shape index (κ3) is 1.26. The lowest BCUT2D eigenvalue weighted by atomic mass is 9.68. The quantitative estimate of drug-likeness (QED) is 0.693. The highest BCUT2D eigenvalue weighted by Crippen LogP contribution is 2.44. The van der Waals surface area contributed by atoms with E-state index in [9.17, 15) is 4.79 Å². The van der Waals surface area contributed by atoms with Crippen LogP contribution in [0.25, 0.3) is 0 Å². The molecule has 3 fully saturated rings. The minimum atomic E-state index is 0.290. The summed E-state index contributed by atoms with van der Waals surface area (Å²) >= 11 is 0.